The molecule has 0 atom stereocenters. The van der Waals surface area contributed by atoms with Crippen LogP contribution in [-0.2, 0) is 0 Å². The number of nitrogens with zero attached hydrogens (tertiary/aromatic N) is 4. The van der Waals surface area contributed by atoms with E-state index >= 15 is 0 Å². The number of fused-ring (bicyclic) bond motifs is 3. The van der Waals surface area contributed by atoms with Gasteiger partial charge in [-0.25, -0.2) is 9.97 Å². The van der Waals surface area contributed by atoms with Crippen LogP contribution >= 0.6 is 0 Å². The number of hydrogen-bond donors (Lipinski definition) is 0. The van der Waals surface area contributed by atoms with Gasteiger partial charge < -0.3 is 9.47 Å². The van der Waals surface area contributed by atoms with E-state index in [-0.39, 0.29) is 0 Å². The van der Waals surface area contributed by atoms with Crippen molar-refractivity contribution in [2.24, 2.45) is 0 Å². The lowest BCUT2D eigenvalue weighted by Crippen LogP contribution is -2.09. The maximum atomic E-state index is 4.44. The Kier molecular flexibility index (Phi) is 7.45. The lowest BCUT2D eigenvalue weighted by Gasteiger charge is -2.26. The second kappa shape index (κ2) is 12.7. The summed E-state index contributed by atoms with van der Waals surface area (Å²) in [7, 11) is 0. The van der Waals surface area contributed by atoms with Gasteiger partial charge in [-0.05, 0) is 101 Å². The highest BCUT2D eigenvalue weighted by Gasteiger charge is 2.15. The van der Waals surface area contributed by atoms with Crippen molar-refractivity contribution in [2.45, 2.75) is 0 Å². The molecule has 0 aliphatic rings. The summed E-state index contributed by atoms with van der Waals surface area (Å²) in [6.45, 7) is 0. The third kappa shape index (κ3) is 5.39. The van der Waals surface area contributed by atoms with Gasteiger partial charge in [-0.1, -0.05) is 103 Å². The van der Waals surface area contributed by atoms with E-state index in [1.807, 2.05) is 12.1 Å². The van der Waals surface area contributed by atoms with Crippen molar-refractivity contribution in [2.75, 3.05) is 4.90 Å². The van der Waals surface area contributed by atoms with E-state index in [0.29, 0.717) is 5.82 Å². The van der Waals surface area contributed by atoms with Gasteiger partial charge in [0.15, 0.2) is 5.82 Å². The van der Waals surface area contributed by atoms with Crippen LogP contribution in [0.25, 0.3) is 61.1 Å². The van der Waals surface area contributed by atoms with Crippen LogP contribution in [0.2, 0.25) is 0 Å². The first-order valence-corrected chi connectivity index (χ1v) is 16.8. The van der Waals surface area contributed by atoms with Crippen molar-refractivity contribution in [3.8, 4) is 39.3 Å². The van der Waals surface area contributed by atoms with Crippen LogP contribution in [0.5, 0.6) is 0 Å². The van der Waals surface area contributed by atoms with Gasteiger partial charge in [0.1, 0.15) is 0 Å². The topological polar surface area (TPSA) is 34.0 Å². The standard InChI is InChI=1S/C46H32N4/c1-2-10-33(11-3-1)34-18-24-38(25-19-34)49(40-28-22-36(23-29-40)46-47-30-9-31-48-46)39-26-20-35(21-27-39)37-12-8-13-41(32-37)50-44-16-6-4-14-42(44)43-15-5-7-17-45(43)50/h1-32H. The van der Waals surface area contributed by atoms with Crippen LogP contribution in [0.4, 0.5) is 17.1 Å². The lowest BCUT2D eigenvalue weighted by atomic mass is 10.0. The molecule has 0 bridgehead atoms. The largest absolute Gasteiger partial charge is 0.311 e. The van der Waals surface area contributed by atoms with E-state index in [0.717, 1.165) is 33.9 Å². The van der Waals surface area contributed by atoms with Crippen molar-refractivity contribution in [1.29, 1.82) is 0 Å². The molecular formula is C46H32N4. The summed E-state index contributed by atoms with van der Waals surface area (Å²) in [5.74, 6) is 0.713. The molecule has 236 valence electrons. The zero-order valence-corrected chi connectivity index (χ0v) is 27.3. The van der Waals surface area contributed by atoms with Gasteiger partial charge in [0.2, 0.25) is 0 Å². The minimum absolute atomic E-state index is 0.713. The number of aromatic nitrogens is 3. The first-order chi connectivity index (χ1) is 24.8. The number of para-hydroxylation sites is 2. The summed E-state index contributed by atoms with van der Waals surface area (Å²) in [5, 5.41) is 2.53. The van der Waals surface area contributed by atoms with Crippen LogP contribution in [0.1, 0.15) is 0 Å². The van der Waals surface area contributed by atoms with Gasteiger partial charge in [-0.3, -0.25) is 0 Å². The number of hydrogen-bond acceptors (Lipinski definition) is 3. The van der Waals surface area contributed by atoms with Gasteiger partial charge in [-0.2, -0.15) is 0 Å². The molecule has 0 aliphatic heterocycles. The van der Waals surface area contributed by atoms with Gasteiger partial charge >= 0.3 is 0 Å². The molecule has 0 aliphatic carbocycles. The van der Waals surface area contributed by atoms with Gasteiger partial charge in [-0.15, -0.1) is 0 Å². The van der Waals surface area contributed by atoms with Crippen LogP contribution in [-0.4, -0.2) is 14.5 Å². The van der Waals surface area contributed by atoms with E-state index in [4.69, 9.17) is 0 Å². The first-order valence-electron chi connectivity index (χ1n) is 16.8. The average molecular weight is 641 g/mol. The van der Waals surface area contributed by atoms with E-state index in [1.54, 1.807) is 12.4 Å². The molecule has 9 aromatic rings. The van der Waals surface area contributed by atoms with Crippen LogP contribution < -0.4 is 4.90 Å². The molecule has 0 saturated heterocycles. The molecule has 0 unspecified atom stereocenters. The summed E-state index contributed by atoms with van der Waals surface area (Å²) in [6, 6.07) is 64.5. The monoisotopic (exact) mass is 640 g/mol. The second-order valence-corrected chi connectivity index (χ2v) is 12.3. The molecule has 9 rings (SSSR count). The molecule has 4 nitrogen and oxygen atoms in total. The fraction of sp³-hybridized carbons (Fsp3) is 0. The van der Waals surface area contributed by atoms with E-state index in [2.05, 4.69) is 189 Å². The van der Waals surface area contributed by atoms with Gasteiger partial charge in [0, 0.05) is 51.5 Å². The Labute approximate surface area is 291 Å². The predicted octanol–water partition coefficient (Wildman–Crippen LogP) is 12.0. The Balaban J connectivity index is 1.09. The fourth-order valence-corrected chi connectivity index (χ4v) is 6.92. The molecular weight excluding hydrogens is 609 g/mol. The molecule has 0 spiro atoms. The van der Waals surface area contributed by atoms with Crippen LogP contribution in [0.3, 0.4) is 0 Å². The first kappa shape index (κ1) is 29.4. The van der Waals surface area contributed by atoms with Gasteiger partial charge in [0.25, 0.3) is 0 Å². The maximum absolute atomic E-state index is 4.44. The maximum Gasteiger partial charge on any atom is 0.159 e. The Bertz CT molecular complexity index is 2420. The number of rotatable bonds is 7. The second-order valence-electron chi connectivity index (χ2n) is 12.3. The number of benzene rings is 7. The van der Waals surface area contributed by atoms with Gasteiger partial charge in [0.05, 0.1) is 11.0 Å². The van der Waals surface area contributed by atoms with E-state index in [1.165, 1.54) is 38.5 Å². The predicted molar refractivity (Wildman–Crippen MR) is 207 cm³/mol. The lowest BCUT2D eigenvalue weighted by molar-refractivity contribution is 1.17. The highest BCUT2D eigenvalue weighted by atomic mass is 15.1. The summed E-state index contributed by atoms with van der Waals surface area (Å²) < 4.78 is 2.37. The van der Waals surface area contributed by atoms with Crippen molar-refractivity contribution in [3.05, 3.63) is 194 Å². The average Bonchev–Trinajstić information content (AvgIpc) is 3.54. The Morgan fingerprint density at radius 1 is 0.360 bits per heavy atom. The summed E-state index contributed by atoms with van der Waals surface area (Å²) in [6.07, 6.45) is 3.55. The molecule has 4 heteroatoms. The Morgan fingerprint density at radius 3 is 1.40 bits per heavy atom. The van der Waals surface area contributed by atoms with Crippen molar-refractivity contribution >= 4 is 38.9 Å². The summed E-state index contributed by atoms with van der Waals surface area (Å²) >= 11 is 0. The van der Waals surface area contributed by atoms with Crippen molar-refractivity contribution in [1.82, 2.24) is 14.5 Å². The quantitative estimate of drug-likeness (QED) is 0.174. The van der Waals surface area contributed by atoms with E-state index in [9.17, 15) is 0 Å². The normalized spacial score (nSPS) is 11.2. The third-order valence-electron chi connectivity index (χ3n) is 9.33. The smallest absolute Gasteiger partial charge is 0.159 e. The molecule has 0 amide bonds. The molecule has 0 N–H and O–H groups in total. The SMILES string of the molecule is c1ccc(-c2ccc(N(c3ccc(-c4cccc(-n5c6ccccc6c6ccccc65)c4)cc3)c3ccc(-c4ncccn4)cc3)cc2)cc1. The molecule has 50 heavy (non-hydrogen) atoms. The molecule has 7 aromatic carbocycles. The van der Waals surface area contributed by atoms with Crippen molar-refractivity contribution < 1.29 is 0 Å². The summed E-state index contributed by atoms with van der Waals surface area (Å²) in [5.41, 5.74) is 12.5. The zero-order chi connectivity index (χ0) is 33.3. The van der Waals surface area contributed by atoms with E-state index < -0.39 is 0 Å². The van der Waals surface area contributed by atoms with Crippen LogP contribution in [0.15, 0.2) is 194 Å². The molecule has 0 fully saturated rings. The third-order valence-corrected chi connectivity index (χ3v) is 9.33. The Morgan fingerprint density at radius 2 is 0.820 bits per heavy atom. The minimum Gasteiger partial charge on any atom is -0.311 e. The molecule has 2 aromatic heterocycles. The zero-order valence-electron chi connectivity index (χ0n) is 27.3. The highest BCUT2D eigenvalue weighted by Crippen LogP contribution is 2.38. The summed E-state index contributed by atoms with van der Waals surface area (Å²) in [4.78, 5) is 11.2. The molecule has 2 heterocycles. The minimum atomic E-state index is 0.713. The molecule has 0 radical (unpaired) electrons. The fourth-order valence-electron chi connectivity index (χ4n) is 6.92. The Hall–Kier alpha value is -6.78. The number of anilines is 3. The van der Waals surface area contributed by atoms with Crippen LogP contribution in [0, 0.1) is 0 Å². The molecule has 0 saturated carbocycles. The van der Waals surface area contributed by atoms with Crippen molar-refractivity contribution in [3.63, 3.8) is 0 Å². The highest BCUT2D eigenvalue weighted by molar-refractivity contribution is 6.09.